The Bertz CT molecular complexity index is 761. The fourth-order valence-corrected chi connectivity index (χ4v) is 3.00. The van der Waals surface area contributed by atoms with Crippen molar-refractivity contribution in [1.82, 2.24) is 14.9 Å². The van der Waals surface area contributed by atoms with Gasteiger partial charge in [0.05, 0.1) is 16.9 Å². The molecule has 0 amide bonds. The van der Waals surface area contributed by atoms with Crippen molar-refractivity contribution < 1.29 is 13.2 Å². The van der Waals surface area contributed by atoms with Crippen LogP contribution in [0.3, 0.4) is 0 Å². The second-order valence-corrected chi connectivity index (χ2v) is 5.58. The van der Waals surface area contributed by atoms with E-state index in [-0.39, 0.29) is 10.9 Å². The third-order valence-corrected chi connectivity index (χ3v) is 4.03. The molecule has 0 saturated carbocycles. The number of aromatic nitrogens is 2. The highest BCUT2D eigenvalue weighted by Gasteiger charge is 2.39. The Morgan fingerprint density at radius 3 is 2.77 bits per heavy atom. The van der Waals surface area contributed by atoms with Crippen LogP contribution in [-0.2, 0) is 6.18 Å². The van der Waals surface area contributed by atoms with Gasteiger partial charge in [0, 0.05) is 6.54 Å². The Kier molecular flexibility index (Phi) is 3.68. The molecule has 1 saturated heterocycles. The molecule has 1 unspecified atom stereocenters. The average Bonchev–Trinajstić information content (AvgIpc) is 2.47. The first-order valence-electron chi connectivity index (χ1n) is 7.19. The Hall–Kier alpha value is -1.89. The number of hydrogen-bond donors (Lipinski definition) is 1. The van der Waals surface area contributed by atoms with Gasteiger partial charge in [-0.25, -0.2) is 4.98 Å². The second kappa shape index (κ2) is 5.39. The van der Waals surface area contributed by atoms with Crippen molar-refractivity contribution in [3.05, 3.63) is 39.9 Å². The number of alkyl halides is 3. The van der Waals surface area contributed by atoms with Crippen LogP contribution < -0.4 is 10.9 Å². The molecule has 22 heavy (non-hydrogen) atoms. The van der Waals surface area contributed by atoms with E-state index in [9.17, 15) is 18.0 Å². The van der Waals surface area contributed by atoms with E-state index in [0.29, 0.717) is 18.5 Å². The number of fused-ring (bicyclic) bond motifs is 1. The van der Waals surface area contributed by atoms with Crippen molar-refractivity contribution in [3.8, 4) is 0 Å². The fraction of sp³-hybridized carbons (Fsp3) is 0.467. The highest BCUT2D eigenvalue weighted by atomic mass is 19.4. The van der Waals surface area contributed by atoms with Crippen LogP contribution in [0.25, 0.3) is 10.9 Å². The summed E-state index contributed by atoms with van der Waals surface area (Å²) in [5.74, 6) is -1.11. The van der Waals surface area contributed by atoms with Gasteiger partial charge < -0.3 is 5.32 Å². The zero-order valence-electron chi connectivity index (χ0n) is 12.1. The summed E-state index contributed by atoms with van der Waals surface area (Å²) in [7, 11) is 0. The molecule has 1 aliphatic heterocycles. The molecule has 118 valence electrons. The molecule has 1 aromatic heterocycles. The van der Waals surface area contributed by atoms with E-state index >= 15 is 0 Å². The van der Waals surface area contributed by atoms with Crippen LogP contribution in [0.1, 0.15) is 30.3 Å². The number of hydrogen-bond acceptors (Lipinski definition) is 3. The number of rotatable bonds is 1. The molecule has 7 heteroatoms. The molecule has 2 heterocycles. The van der Waals surface area contributed by atoms with E-state index in [1.54, 1.807) is 19.1 Å². The van der Waals surface area contributed by atoms with E-state index in [1.165, 1.54) is 6.07 Å². The van der Waals surface area contributed by atoms with Gasteiger partial charge in [-0.1, -0.05) is 12.1 Å². The first-order chi connectivity index (χ1) is 10.4. The smallest absolute Gasteiger partial charge is 0.315 e. The number of aryl methyl sites for hydroxylation is 1. The van der Waals surface area contributed by atoms with Gasteiger partial charge in [-0.3, -0.25) is 9.36 Å². The van der Waals surface area contributed by atoms with Crippen molar-refractivity contribution in [1.29, 1.82) is 0 Å². The molecule has 1 fully saturated rings. The number of nitrogens with one attached hydrogen (secondary N) is 1. The van der Waals surface area contributed by atoms with Crippen molar-refractivity contribution >= 4 is 10.9 Å². The molecule has 0 bridgehead atoms. The third kappa shape index (κ3) is 2.49. The lowest BCUT2D eigenvalue weighted by atomic mass is 10.1. The molecule has 1 N–H and O–H groups in total. The van der Waals surface area contributed by atoms with Crippen LogP contribution in [0.15, 0.2) is 23.0 Å². The maximum Gasteiger partial charge on any atom is 0.449 e. The van der Waals surface area contributed by atoms with Gasteiger partial charge in [-0.15, -0.1) is 0 Å². The monoisotopic (exact) mass is 311 g/mol. The topological polar surface area (TPSA) is 46.9 Å². The minimum atomic E-state index is -4.66. The highest BCUT2D eigenvalue weighted by molar-refractivity contribution is 5.81. The third-order valence-electron chi connectivity index (χ3n) is 4.03. The minimum absolute atomic E-state index is 0.0948. The number of halogens is 3. The van der Waals surface area contributed by atoms with Crippen molar-refractivity contribution in [3.63, 3.8) is 0 Å². The summed E-state index contributed by atoms with van der Waals surface area (Å²) in [4.78, 5) is 16.5. The summed E-state index contributed by atoms with van der Waals surface area (Å²) in [6.45, 7) is 2.82. The van der Waals surface area contributed by atoms with Crippen LogP contribution >= 0.6 is 0 Å². The zero-order valence-corrected chi connectivity index (χ0v) is 12.1. The quantitative estimate of drug-likeness (QED) is 0.881. The minimum Gasteiger partial charge on any atom is -0.315 e. The Morgan fingerprint density at radius 2 is 2.14 bits per heavy atom. The summed E-state index contributed by atoms with van der Waals surface area (Å²) in [6, 6.07) is 4.25. The van der Waals surface area contributed by atoms with Crippen LogP contribution in [0.2, 0.25) is 0 Å². The van der Waals surface area contributed by atoms with Crippen LogP contribution in [0.5, 0.6) is 0 Å². The molecule has 0 spiro atoms. The van der Waals surface area contributed by atoms with Gasteiger partial charge >= 0.3 is 6.18 Å². The summed E-state index contributed by atoms with van der Waals surface area (Å²) in [5, 5.41) is 3.31. The van der Waals surface area contributed by atoms with Crippen LogP contribution in [-0.4, -0.2) is 22.6 Å². The standard InChI is InChI=1S/C15H16F3N3O/c1-9-4-2-6-11-12(9)13(22)21(10-5-3-7-19-8-10)14(20-11)15(16,17)18/h2,4,6,10,19H,3,5,7-8H2,1H3. The van der Waals surface area contributed by atoms with Gasteiger partial charge in [-0.2, -0.15) is 13.2 Å². The van der Waals surface area contributed by atoms with Gasteiger partial charge in [0.15, 0.2) is 0 Å². The molecule has 4 nitrogen and oxygen atoms in total. The fourth-order valence-electron chi connectivity index (χ4n) is 3.00. The summed E-state index contributed by atoms with van der Waals surface area (Å²) in [5.41, 5.74) is 0.128. The normalized spacial score (nSPS) is 19.5. The molecule has 2 aromatic rings. The maximum absolute atomic E-state index is 13.4. The Labute approximate surface area is 125 Å². The van der Waals surface area contributed by atoms with E-state index in [1.807, 2.05) is 0 Å². The van der Waals surface area contributed by atoms with Gasteiger partial charge in [0.25, 0.3) is 5.56 Å². The molecule has 3 rings (SSSR count). The van der Waals surface area contributed by atoms with E-state index in [4.69, 9.17) is 0 Å². The lowest BCUT2D eigenvalue weighted by Gasteiger charge is -2.27. The van der Waals surface area contributed by atoms with Gasteiger partial charge in [-0.05, 0) is 37.9 Å². The van der Waals surface area contributed by atoms with Gasteiger partial charge in [0.1, 0.15) is 0 Å². The Morgan fingerprint density at radius 1 is 1.36 bits per heavy atom. The molecule has 1 aliphatic rings. The molecule has 0 radical (unpaired) electrons. The first kappa shape index (κ1) is 15.0. The van der Waals surface area contributed by atoms with Crippen molar-refractivity contribution in [2.24, 2.45) is 0 Å². The predicted molar refractivity (Wildman–Crippen MR) is 76.9 cm³/mol. The maximum atomic E-state index is 13.4. The number of piperidine rings is 1. The zero-order chi connectivity index (χ0) is 15.9. The lowest BCUT2D eigenvalue weighted by Crippen LogP contribution is -2.40. The van der Waals surface area contributed by atoms with Gasteiger partial charge in [0.2, 0.25) is 5.82 Å². The predicted octanol–water partition coefficient (Wildman–Crippen LogP) is 2.65. The molecule has 0 aliphatic carbocycles. The number of benzene rings is 1. The first-order valence-corrected chi connectivity index (χ1v) is 7.19. The van der Waals surface area contributed by atoms with Crippen LogP contribution in [0.4, 0.5) is 13.2 Å². The Balaban J connectivity index is 2.33. The second-order valence-electron chi connectivity index (χ2n) is 5.58. The van der Waals surface area contributed by atoms with Crippen LogP contribution in [0, 0.1) is 6.92 Å². The highest BCUT2D eigenvalue weighted by Crippen LogP contribution is 2.31. The van der Waals surface area contributed by atoms with Crippen molar-refractivity contribution in [2.45, 2.75) is 32.0 Å². The molecule has 1 aromatic carbocycles. The number of nitrogens with zero attached hydrogens (tertiary/aromatic N) is 2. The summed E-state index contributed by atoms with van der Waals surface area (Å²) in [6.07, 6.45) is -3.39. The summed E-state index contributed by atoms with van der Waals surface area (Å²) >= 11 is 0. The van der Waals surface area contributed by atoms with E-state index in [2.05, 4.69) is 10.3 Å². The molecular formula is C15H16F3N3O. The largest absolute Gasteiger partial charge is 0.449 e. The SMILES string of the molecule is Cc1cccc2nc(C(F)(F)F)n(C3CCCNC3)c(=O)c12. The molecule has 1 atom stereocenters. The van der Waals surface area contributed by atoms with Crippen molar-refractivity contribution in [2.75, 3.05) is 13.1 Å². The lowest BCUT2D eigenvalue weighted by molar-refractivity contribution is -0.148. The van der Waals surface area contributed by atoms with E-state index < -0.39 is 23.6 Å². The van der Waals surface area contributed by atoms with E-state index in [0.717, 1.165) is 17.5 Å². The molecular weight excluding hydrogens is 295 g/mol. The average molecular weight is 311 g/mol. The summed E-state index contributed by atoms with van der Waals surface area (Å²) < 4.78 is 40.9.